The van der Waals surface area contributed by atoms with Crippen LogP contribution >= 0.6 is 0 Å². The van der Waals surface area contributed by atoms with Crippen LogP contribution in [-0.2, 0) is 9.84 Å². The van der Waals surface area contributed by atoms with Gasteiger partial charge in [-0.1, -0.05) is 13.0 Å². The third kappa shape index (κ3) is 2.72. The second kappa shape index (κ2) is 4.22. The van der Waals surface area contributed by atoms with Gasteiger partial charge >= 0.3 is 0 Å². The quantitative estimate of drug-likeness (QED) is 0.803. The molecular weight excluding hydrogens is 236 g/mol. The lowest BCUT2D eigenvalue weighted by Gasteiger charge is -2.11. The van der Waals surface area contributed by atoms with Gasteiger partial charge in [0, 0.05) is 12.8 Å². The van der Waals surface area contributed by atoms with Crippen LogP contribution in [0.25, 0.3) is 0 Å². The Morgan fingerprint density at radius 1 is 1.47 bits per heavy atom. The van der Waals surface area contributed by atoms with Crippen molar-refractivity contribution in [3.63, 3.8) is 0 Å². The van der Waals surface area contributed by atoms with E-state index in [1.165, 1.54) is 18.7 Å². The van der Waals surface area contributed by atoms with Crippen molar-refractivity contribution in [3.05, 3.63) is 18.2 Å². The maximum Gasteiger partial charge on any atom is 0.177 e. The van der Waals surface area contributed by atoms with Crippen LogP contribution in [0, 0.1) is 11.8 Å². The number of benzene rings is 1. The summed E-state index contributed by atoms with van der Waals surface area (Å²) in [5.41, 5.74) is 6.91. The van der Waals surface area contributed by atoms with Crippen molar-refractivity contribution in [2.45, 2.75) is 18.2 Å². The summed E-state index contributed by atoms with van der Waals surface area (Å²) >= 11 is 0. The highest BCUT2D eigenvalue weighted by Crippen LogP contribution is 2.38. The molecule has 0 bridgehead atoms. The van der Waals surface area contributed by atoms with Gasteiger partial charge < -0.3 is 11.1 Å². The second-order valence-electron chi connectivity index (χ2n) is 4.84. The molecule has 0 spiro atoms. The molecule has 17 heavy (non-hydrogen) atoms. The van der Waals surface area contributed by atoms with E-state index in [0.29, 0.717) is 17.3 Å². The van der Waals surface area contributed by atoms with Crippen molar-refractivity contribution >= 4 is 21.2 Å². The molecule has 1 aliphatic carbocycles. The average Bonchev–Trinajstić information content (AvgIpc) is 2.91. The highest BCUT2D eigenvalue weighted by atomic mass is 32.2. The molecule has 1 aromatic rings. The molecule has 1 fully saturated rings. The first-order valence-corrected chi connectivity index (χ1v) is 7.61. The third-order valence-electron chi connectivity index (χ3n) is 3.30. The molecule has 1 aromatic carbocycles. The first kappa shape index (κ1) is 12.2. The van der Waals surface area contributed by atoms with Gasteiger partial charge in [0.1, 0.15) is 0 Å². The maximum absolute atomic E-state index is 11.5. The molecule has 5 heteroatoms. The molecule has 0 saturated heterocycles. The van der Waals surface area contributed by atoms with Crippen molar-refractivity contribution in [2.24, 2.45) is 11.8 Å². The number of para-hydroxylation sites is 1. The largest absolute Gasteiger partial charge is 0.396 e. The Morgan fingerprint density at radius 3 is 2.65 bits per heavy atom. The lowest BCUT2D eigenvalue weighted by atomic mass is 10.2. The van der Waals surface area contributed by atoms with Crippen molar-refractivity contribution in [2.75, 3.05) is 23.9 Å². The van der Waals surface area contributed by atoms with E-state index in [4.69, 9.17) is 5.73 Å². The van der Waals surface area contributed by atoms with Gasteiger partial charge in [-0.15, -0.1) is 0 Å². The van der Waals surface area contributed by atoms with Gasteiger partial charge in [0.2, 0.25) is 0 Å². The minimum Gasteiger partial charge on any atom is -0.396 e. The van der Waals surface area contributed by atoms with E-state index in [9.17, 15) is 8.42 Å². The Morgan fingerprint density at radius 2 is 2.12 bits per heavy atom. The predicted molar refractivity (Wildman–Crippen MR) is 69.7 cm³/mol. The third-order valence-corrected chi connectivity index (χ3v) is 4.45. The fourth-order valence-electron chi connectivity index (χ4n) is 1.95. The zero-order chi connectivity index (χ0) is 12.6. The molecule has 1 saturated carbocycles. The molecule has 2 atom stereocenters. The number of anilines is 2. The smallest absolute Gasteiger partial charge is 0.177 e. The zero-order valence-corrected chi connectivity index (χ0v) is 10.9. The summed E-state index contributed by atoms with van der Waals surface area (Å²) in [6.07, 6.45) is 2.41. The fraction of sp³-hybridized carbons (Fsp3) is 0.500. The number of nitrogens with one attached hydrogen (secondary N) is 1. The standard InChI is InChI=1S/C12H18N2O2S/c1-8-6-9(8)7-14-10-4-3-5-11(12(10)13)17(2,15)16/h3-5,8-9,14H,6-7,13H2,1-2H3. The number of hydrogen-bond acceptors (Lipinski definition) is 4. The molecule has 0 heterocycles. The highest BCUT2D eigenvalue weighted by Gasteiger charge is 2.32. The molecule has 0 aliphatic heterocycles. The van der Waals surface area contributed by atoms with E-state index < -0.39 is 9.84 Å². The molecule has 3 N–H and O–H groups in total. The summed E-state index contributed by atoms with van der Waals surface area (Å²) in [4.78, 5) is 0.200. The van der Waals surface area contributed by atoms with Crippen LogP contribution in [0.15, 0.2) is 23.1 Å². The highest BCUT2D eigenvalue weighted by molar-refractivity contribution is 7.90. The molecule has 0 radical (unpaired) electrons. The summed E-state index contributed by atoms with van der Waals surface area (Å²) in [7, 11) is -3.25. The molecule has 0 aromatic heterocycles. The molecule has 2 unspecified atom stereocenters. The van der Waals surface area contributed by atoms with Gasteiger partial charge in [-0.25, -0.2) is 8.42 Å². The van der Waals surface area contributed by atoms with Crippen molar-refractivity contribution in [1.82, 2.24) is 0 Å². The van der Waals surface area contributed by atoms with E-state index in [1.54, 1.807) is 6.07 Å². The van der Waals surface area contributed by atoms with Crippen LogP contribution < -0.4 is 11.1 Å². The fourth-order valence-corrected chi connectivity index (χ4v) is 2.78. The van der Waals surface area contributed by atoms with E-state index in [1.807, 2.05) is 6.07 Å². The summed E-state index contributed by atoms with van der Waals surface area (Å²) in [6, 6.07) is 5.07. The van der Waals surface area contributed by atoms with Crippen molar-refractivity contribution in [3.8, 4) is 0 Å². The molecule has 1 aliphatic rings. The van der Waals surface area contributed by atoms with Crippen LogP contribution in [0.1, 0.15) is 13.3 Å². The van der Waals surface area contributed by atoms with Crippen LogP contribution in [0.2, 0.25) is 0 Å². The number of hydrogen-bond donors (Lipinski definition) is 2. The minimum absolute atomic E-state index is 0.200. The van der Waals surface area contributed by atoms with Crippen molar-refractivity contribution in [1.29, 1.82) is 0 Å². The Hall–Kier alpha value is -1.23. The Labute approximate surface area is 102 Å². The number of nitrogens with two attached hydrogens (primary N) is 1. The molecule has 94 valence electrons. The number of nitrogen functional groups attached to an aromatic ring is 1. The number of rotatable bonds is 4. The Bertz CT molecular complexity index is 525. The van der Waals surface area contributed by atoms with Crippen LogP contribution in [0.4, 0.5) is 11.4 Å². The predicted octanol–water partition coefficient (Wildman–Crippen LogP) is 1.74. The molecular formula is C12H18N2O2S. The van der Waals surface area contributed by atoms with Gasteiger partial charge in [-0.2, -0.15) is 0 Å². The van der Waals surface area contributed by atoms with Crippen LogP contribution in [0.5, 0.6) is 0 Å². The van der Waals surface area contributed by atoms with Crippen LogP contribution in [0.3, 0.4) is 0 Å². The Balaban J connectivity index is 2.17. The van der Waals surface area contributed by atoms with Crippen molar-refractivity contribution < 1.29 is 8.42 Å². The zero-order valence-electron chi connectivity index (χ0n) is 10.1. The summed E-state index contributed by atoms with van der Waals surface area (Å²) in [6.45, 7) is 3.07. The van der Waals surface area contributed by atoms with E-state index in [0.717, 1.165) is 12.5 Å². The minimum atomic E-state index is -3.25. The first-order valence-electron chi connectivity index (χ1n) is 5.72. The molecule has 0 amide bonds. The second-order valence-corrected chi connectivity index (χ2v) is 6.83. The molecule has 2 rings (SSSR count). The maximum atomic E-state index is 11.5. The Kier molecular flexibility index (Phi) is 3.03. The van der Waals surface area contributed by atoms with Gasteiger partial charge in [-0.05, 0) is 30.4 Å². The van der Waals surface area contributed by atoms with Gasteiger partial charge in [-0.3, -0.25) is 0 Å². The first-order chi connectivity index (χ1) is 7.89. The van der Waals surface area contributed by atoms with E-state index >= 15 is 0 Å². The summed E-state index contributed by atoms with van der Waals surface area (Å²) in [5.74, 6) is 1.46. The molecule has 4 nitrogen and oxygen atoms in total. The monoisotopic (exact) mass is 254 g/mol. The normalized spacial score (nSPS) is 23.4. The van der Waals surface area contributed by atoms with Gasteiger partial charge in [0.25, 0.3) is 0 Å². The lowest BCUT2D eigenvalue weighted by Crippen LogP contribution is -2.09. The lowest BCUT2D eigenvalue weighted by molar-refractivity contribution is 0.602. The number of sulfone groups is 1. The SMILES string of the molecule is CC1CC1CNc1cccc(S(C)(=O)=O)c1N. The topological polar surface area (TPSA) is 72.2 Å². The van der Waals surface area contributed by atoms with E-state index in [-0.39, 0.29) is 4.90 Å². The average molecular weight is 254 g/mol. The van der Waals surface area contributed by atoms with Crippen LogP contribution in [-0.4, -0.2) is 21.2 Å². The summed E-state index contributed by atoms with van der Waals surface area (Å²) < 4.78 is 23.0. The van der Waals surface area contributed by atoms with Gasteiger partial charge in [0.05, 0.1) is 16.3 Å². The summed E-state index contributed by atoms with van der Waals surface area (Å²) in [5, 5.41) is 3.23. The van der Waals surface area contributed by atoms with Gasteiger partial charge in [0.15, 0.2) is 9.84 Å². The van der Waals surface area contributed by atoms with E-state index in [2.05, 4.69) is 12.2 Å².